The summed E-state index contributed by atoms with van der Waals surface area (Å²) in [5.41, 5.74) is 2.89. The molecule has 1 saturated heterocycles. The molecule has 1 aliphatic rings. The zero-order valence-corrected chi connectivity index (χ0v) is 13.7. The number of nitrogens with one attached hydrogen (secondary N) is 1. The number of aromatic amines is 1. The molecule has 2 amide bonds. The Kier molecular flexibility index (Phi) is 3.61. The predicted octanol–water partition coefficient (Wildman–Crippen LogP) is 3.52. The second-order valence-corrected chi connectivity index (χ2v) is 5.87. The number of rotatable bonds is 3. The average Bonchev–Trinajstić information content (AvgIpc) is 3.16. The van der Waals surface area contributed by atoms with E-state index >= 15 is 0 Å². The molecule has 3 aromatic rings. The van der Waals surface area contributed by atoms with Gasteiger partial charge in [-0.3, -0.25) is 9.59 Å². The van der Waals surface area contributed by atoms with E-state index in [9.17, 15) is 9.59 Å². The molecule has 0 aliphatic carbocycles. The number of benzene rings is 2. The van der Waals surface area contributed by atoms with Gasteiger partial charge in [0.1, 0.15) is 5.75 Å². The molecule has 0 spiro atoms. The van der Waals surface area contributed by atoms with Crippen molar-refractivity contribution in [2.75, 3.05) is 12.0 Å². The maximum Gasteiger partial charge on any atom is 0.261 e. The molecule has 2 aromatic carbocycles. The van der Waals surface area contributed by atoms with Gasteiger partial charge in [-0.15, -0.1) is 0 Å². The van der Waals surface area contributed by atoms with Crippen molar-refractivity contribution in [1.82, 2.24) is 4.98 Å². The first-order chi connectivity index (χ1) is 12.2. The van der Waals surface area contributed by atoms with Gasteiger partial charge in [0.05, 0.1) is 19.2 Å². The van der Waals surface area contributed by atoms with Gasteiger partial charge in [0.2, 0.25) is 5.91 Å². The molecule has 1 fully saturated rings. The standard InChI is InChI=1S/C20H16N2O3/c1-25-16-7-8-18-17(11-16)14(12-21-18)9-13-10-19(23)22(20(13)24)15-5-3-2-4-6-15/h2-9,11-12,21H,10H2,1H3. The summed E-state index contributed by atoms with van der Waals surface area (Å²) in [6.07, 6.45) is 3.71. The fraction of sp³-hybridized carbons (Fsp3) is 0.100. The highest BCUT2D eigenvalue weighted by Gasteiger charge is 2.34. The minimum atomic E-state index is -0.270. The van der Waals surface area contributed by atoms with Crippen molar-refractivity contribution in [1.29, 1.82) is 0 Å². The van der Waals surface area contributed by atoms with Gasteiger partial charge in [-0.2, -0.15) is 0 Å². The Morgan fingerprint density at radius 2 is 1.92 bits per heavy atom. The van der Waals surface area contributed by atoms with Crippen LogP contribution in [0.1, 0.15) is 12.0 Å². The van der Waals surface area contributed by atoms with Gasteiger partial charge in [0.25, 0.3) is 5.91 Å². The Labute approximate surface area is 144 Å². The van der Waals surface area contributed by atoms with Crippen molar-refractivity contribution in [2.24, 2.45) is 0 Å². The molecule has 1 aliphatic heterocycles. The lowest BCUT2D eigenvalue weighted by atomic mass is 10.1. The second-order valence-electron chi connectivity index (χ2n) is 5.87. The number of methoxy groups -OCH3 is 1. The summed E-state index contributed by atoms with van der Waals surface area (Å²) in [6.45, 7) is 0. The molecule has 1 N–H and O–H groups in total. The third kappa shape index (κ3) is 2.59. The molecule has 0 radical (unpaired) electrons. The van der Waals surface area contributed by atoms with Gasteiger partial charge in [-0.1, -0.05) is 18.2 Å². The molecule has 0 saturated carbocycles. The van der Waals surface area contributed by atoms with Gasteiger partial charge < -0.3 is 9.72 Å². The Balaban J connectivity index is 1.73. The number of fused-ring (bicyclic) bond motifs is 1. The maximum atomic E-state index is 12.7. The van der Waals surface area contributed by atoms with Crippen molar-refractivity contribution in [3.05, 3.63) is 65.9 Å². The number of H-pyrrole nitrogens is 1. The topological polar surface area (TPSA) is 62.4 Å². The number of carbonyl (C=O) groups is 2. The number of para-hydroxylation sites is 1. The number of amides is 2. The fourth-order valence-corrected chi connectivity index (χ4v) is 3.08. The monoisotopic (exact) mass is 332 g/mol. The summed E-state index contributed by atoms with van der Waals surface area (Å²) in [4.78, 5) is 29.4. The van der Waals surface area contributed by atoms with Crippen LogP contribution in [0.2, 0.25) is 0 Å². The van der Waals surface area contributed by atoms with Gasteiger partial charge in [-0.05, 0) is 36.4 Å². The summed E-state index contributed by atoms with van der Waals surface area (Å²) in [7, 11) is 1.61. The summed E-state index contributed by atoms with van der Waals surface area (Å²) in [6, 6.07) is 14.7. The second kappa shape index (κ2) is 5.94. The molecule has 124 valence electrons. The van der Waals surface area contributed by atoms with Gasteiger partial charge in [0.15, 0.2) is 0 Å². The van der Waals surface area contributed by atoms with Gasteiger partial charge in [0, 0.05) is 28.2 Å². The highest BCUT2D eigenvalue weighted by Crippen LogP contribution is 2.30. The molecule has 0 bridgehead atoms. The number of hydrogen-bond donors (Lipinski definition) is 1. The largest absolute Gasteiger partial charge is 0.497 e. The van der Waals surface area contributed by atoms with Crippen LogP contribution in [-0.4, -0.2) is 23.9 Å². The van der Waals surface area contributed by atoms with Crippen molar-refractivity contribution >= 4 is 34.5 Å². The number of nitrogens with zero attached hydrogens (tertiary/aromatic N) is 1. The first-order valence-corrected chi connectivity index (χ1v) is 7.95. The number of anilines is 1. The van der Waals surface area contributed by atoms with Crippen LogP contribution in [0, 0.1) is 0 Å². The molecule has 2 heterocycles. The molecule has 5 nitrogen and oxygen atoms in total. The lowest BCUT2D eigenvalue weighted by Crippen LogP contribution is -2.28. The van der Waals surface area contributed by atoms with E-state index in [-0.39, 0.29) is 18.2 Å². The summed E-state index contributed by atoms with van der Waals surface area (Å²) in [5.74, 6) is 0.264. The summed E-state index contributed by atoms with van der Waals surface area (Å²) >= 11 is 0. The van der Waals surface area contributed by atoms with Crippen LogP contribution in [0.15, 0.2) is 60.3 Å². The Morgan fingerprint density at radius 3 is 2.68 bits per heavy atom. The third-order valence-electron chi connectivity index (χ3n) is 4.33. The highest BCUT2D eigenvalue weighted by molar-refractivity contribution is 6.29. The smallest absolute Gasteiger partial charge is 0.261 e. The Morgan fingerprint density at radius 1 is 1.12 bits per heavy atom. The molecule has 1 aromatic heterocycles. The number of ether oxygens (including phenoxy) is 1. The van der Waals surface area contributed by atoms with Crippen LogP contribution >= 0.6 is 0 Å². The Hall–Kier alpha value is -3.34. The molecular formula is C20H16N2O3. The molecule has 5 heteroatoms. The normalized spacial score (nSPS) is 16.2. The molecule has 0 unspecified atom stereocenters. The number of aromatic nitrogens is 1. The van der Waals surface area contributed by atoms with Crippen LogP contribution < -0.4 is 9.64 Å². The fourth-order valence-electron chi connectivity index (χ4n) is 3.08. The summed E-state index contributed by atoms with van der Waals surface area (Å²) < 4.78 is 5.27. The molecule has 4 rings (SSSR count). The van der Waals surface area contributed by atoms with Crippen LogP contribution in [0.5, 0.6) is 5.75 Å². The van der Waals surface area contributed by atoms with E-state index in [1.54, 1.807) is 25.3 Å². The van der Waals surface area contributed by atoms with Crippen LogP contribution in [0.3, 0.4) is 0 Å². The van der Waals surface area contributed by atoms with E-state index in [1.165, 1.54) is 4.90 Å². The van der Waals surface area contributed by atoms with Crippen molar-refractivity contribution in [3.8, 4) is 5.75 Å². The van der Waals surface area contributed by atoms with E-state index in [4.69, 9.17) is 4.74 Å². The van der Waals surface area contributed by atoms with Crippen LogP contribution in [-0.2, 0) is 9.59 Å². The quantitative estimate of drug-likeness (QED) is 0.589. The van der Waals surface area contributed by atoms with E-state index in [0.29, 0.717) is 11.3 Å². The van der Waals surface area contributed by atoms with Crippen molar-refractivity contribution in [2.45, 2.75) is 6.42 Å². The highest BCUT2D eigenvalue weighted by atomic mass is 16.5. The van der Waals surface area contributed by atoms with E-state index in [1.807, 2.05) is 42.6 Å². The Bertz CT molecular complexity index is 1000. The van der Waals surface area contributed by atoms with Gasteiger partial charge >= 0.3 is 0 Å². The lowest BCUT2D eigenvalue weighted by Gasteiger charge is -2.12. The predicted molar refractivity (Wildman–Crippen MR) is 96.4 cm³/mol. The molecule has 0 atom stereocenters. The zero-order chi connectivity index (χ0) is 17.4. The van der Waals surface area contributed by atoms with E-state index in [0.717, 1.165) is 22.2 Å². The average molecular weight is 332 g/mol. The lowest BCUT2D eigenvalue weighted by molar-refractivity contribution is -0.120. The summed E-state index contributed by atoms with van der Waals surface area (Å²) in [5, 5.41) is 0.949. The molecular weight excluding hydrogens is 316 g/mol. The van der Waals surface area contributed by atoms with E-state index < -0.39 is 0 Å². The first-order valence-electron chi connectivity index (χ1n) is 7.95. The SMILES string of the molecule is COc1ccc2[nH]cc(C=C3CC(=O)N(c4ccccc4)C3=O)c2c1. The number of imide groups is 1. The van der Waals surface area contributed by atoms with Crippen molar-refractivity contribution < 1.29 is 14.3 Å². The number of carbonyl (C=O) groups excluding carboxylic acids is 2. The third-order valence-corrected chi connectivity index (χ3v) is 4.33. The van der Waals surface area contributed by atoms with Crippen molar-refractivity contribution in [3.63, 3.8) is 0 Å². The number of hydrogen-bond acceptors (Lipinski definition) is 3. The van der Waals surface area contributed by atoms with Crippen LogP contribution in [0.25, 0.3) is 17.0 Å². The zero-order valence-electron chi connectivity index (χ0n) is 13.7. The first kappa shape index (κ1) is 15.2. The maximum absolute atomic E-state index is 12.7. The van der Waals surface area contributed by atoms with Crippen LogP contribution in [0.4, 0.5) is 5.69 Å². The minimum Gasteiger partial charge on any atom is -0.497 e. The van der Waals surface area contributed by atoms with E-state index in [2.05, 4.69) is 4.98 Å². The molecule has 25 heavy (non-hydrogen) atoms. The van der Waals surface area contributed by atoms with Gasteiger partial charge in [-0.25, -0.2) is 4.90 Å². The minimum absolute atomic E-state index is 0.102.